The van der Waals surface area contributed by atoms with Gasteiger partial charge in [-0.3, -0.25) is 0 Å². The van der Waals surface area contributed by atoms with Crippen molar-refractivity contribution in [3.63, 3.8) is 0 Å². The molecule has 0 radical (unpaired) electrons. The summed E-state index contributed by atoms with van der Waals surface area (Å²) in [6.07, 6.45) is 0. The number of halogens is 1. The Bertz CT molecular complexity index is 521. The van der Waals surface area contributed by atoms with E-state index in [1.165, 1.54) is 0 Å². The molecule has 0 atom stereocenters. The average Bonchev–Trinajstić information content (AvgIpc) is 2.15. The summed E-state index contributed by atoms with van der Waals surface area (Å²) in [6, 6.07) is 6.63. The average molecular weight is 263 g/mol. The first-order valence-corrected chi connectivity index (χ1v) is 4.38. The fraction of sp³-hybridized carbons (Fsp3) is 0. The van der Waals surface area contributed by atoms with Crippen LogP contribution in [0.2, 0.25) is 0 Å². The van der Waals surface area contributed by atoms with E-state index in [1.54, 1.807) is 24.3 Å². The second kappa shape index (κ2) is 4.49. The molecule has 0 saturated heterocycles. The van der Waals surface area contributed by atoms with Crippen molar-refractivity contribution in [1.29, 1.82) is 0 Å². The third-order valence-corrected chi connectivity index (χ3v) is 2.40. The molecule has 0 unspecified atom stereocenters. The van der Waals surface area contributed by atoms with Crippen LogP contribution in [0, 0.1) is 0 Å². The van der Waals surface area contributed by atoms with Crippen LogP contribution in [0.15, 0.2) is 37.9 Å². The van der Waals surface area contributed by atoms with E-state index < -0.39 is 5.63 Å². The van der Waals surface area contributed by atoms with E-state index in [2.05, 4.69) is 15.9 Å². The van der Waals surface area contributed by atoms with E-state index >= 15 is 0 Å². The van der Waals surface area contributed by atoms with Gasteiger partial charge in [-0.15, -0.1) is 0 Å². The topological polar surface area (TPSA) is 53.3 Å². The van der Waals surface area contributed by atoms with Gasteiger partial charge in [0.1, 0.15) is 5.58 Å². The third-order valence-electron chi connectivity index (χ3n) is 1.71. The van der Waals surface area contributed by atoms with Gasteiger partial charge in [0.05, 0.1) is 4.47 Å². The van der Waals surface area contributed by atoms with Gasteiger partial charge in [-0.05, 0) is 22.0 Å². The fourth-order valence-electron chi connectivity index (χ4n) is 1.10. The van der Waals surface area contributed by atoms with Crippen LogP contribution in [0.5, 0.6) is 5.75 Å². The molecule has 0 aliphatic carbocycles. The van der Waals surface area contributed by atoms with Gasteiger partial charge in [0.15, 0.2) is 0 Å². The molecule has 5 heteroatoms. The summed E-state index contributed by atoms with van der Waals surface area (Å²) < 4.78 is 4.82. The third kappa shape index (κ3) is 1.88. The standard InChI is InChI=1S/C9H5BrO3.Na/c10-7-8(11)5-3-1-2-4-6(5)13-9(7)12;/h1-4,11H;/q;+1/p-1. The van der Waals surface area contributed by atoms with Gasteiger partial charge < -0.3 is 9.52 Å². The maximum absolute atomic E-state index is 11.4. The quantitative estimate of drug-likeness (QED) is 0.435. The summed E-state index contributed by atoms with van der Waals surface area (Å²) >= 11 is 2.88. The molecule has 0 fully saturated rings. The van der Waals surface area contributed by atoms with Crippen LogP contribution in [0.3, 0.4) is 0 Å². The smallest absolute Gasteiger partial charge is 0.871 e. The molecular weight excluding hydrogens is 259 g/mol. The molecule has 1 aromatic carbocycles. The van der Waals surface area contributed by atoms with Crippen molar-refractivity contribution in [2.45, 2.75) is 0 Å². The molecule has 2 aromatic rings. The maximum atomic E-state index is 11.4. The van der Waals surface area contributed by atoms with Crippen molar-refractivity contribution >= 4 is 26.9 Å². The van der Waals surface area contributed by atoms with Crippen LogP contribution >= 0.6 is 15.9 Å². The minimum atomic E-state index is -0.635. The van der Waals surface area contributed by atoms with Crippen molar-refractivity contribution in [1.82, 2.24) is 0 Å². The Hall–Kier alpha value is -0.290. The Balaban J connectivity index is 0.000000980. The van der Waals surface area contributed by atoms with Crippen LogP contribution in [-0.2, 0) is 0 Å². The number of para-hydroxylation sites is 1. The number of benzene rings is 1. The zero-order valence-electron chi connectivity index (χ0n) is 7.41. The summed E-state index contributed by atoms with van der Waals surface area (Å²) in [5.41, 5.74) is -0.315. The molecule has 3 nitrogen and oxygen atoms in total. The Labute approximate surface area is 110 Å². The minimum absolute atomic E-state index is 0. The van der Waals surface area contributed by atoms with Gasteiger partial charge in [0.25, 0.3) is 0 Å². The molecule has 2 rings (SSSR count). The molecule has 0 saturated carbocycles. The molecule has 1 heterocycles. The van der Waals surface area contributed by atoms with Crippen LogP contribution in [-0.4, -0.2) is 0 Å². The van der Waals surface area contributed by atoms with E-state index in [1.807, 2.05) is 0 Å². The molecule has 0 bridgehead atoms. The zero-order valence-corrected chi connectivity index (χ0v) is 11.0. The predicted molar refractivity (Wildman–Crippen MR) is 49.6 cm³/mol. The molecular formula is C9H4BrNaO3. The molecule has 0 spiro atoms. The summed E-state index contributed by atoms with van der Waals surface area (Å²) in [7, 11) is 0. The summed E-state index contributed by atoms with van der Waals surface area (Å²) in [5, 5.41) is 11.9. The first-order valence-electron chi connectivity index (χ1n) is 3.58. The number of hydrogen-bond acceptors (Lipinski definition) is 3. The normalized spacial score (nSPS) is 9.79. The van der Waals surface area contributed by atoms with E-state index in [-0.39, 0.29) is 39.8 Å². The molecule has 0 aliphatic heterocycles. The van der Waals surface area contributed by atoms with Crippen molar-refractivity contribution in [2.24, 2.45) is 0 Å². The molecule has 0 amide bonds. The van der Waals surface area contributed by atoms with Gasteiger partial charge in [-0.1, -0.05) is 23.9 Å². The SMILES string of the molecule is O=c1oc2ccccc2c([O-])c1Br.[Na+]. The van der Waals surface area contributed by atoms with E-state index in [9.17, 15) is 9.90 Å². The van der Waals surface area contributed by atoms with Gasteiger partial charge in [0.2, 0.25) is 0 Å². The van der Waals surface area contributed by atoms with Gasteiger partial charge >= 0.3 is 35.2 Å². The van der Waals surface area contributed by atoms with Crippen molar-refractivity contribution in [2.75, 3.05) is 0 Å². The largest absolute Gasteiger partial charge is 1.00 e. The Morgan fingerprint density at radius 2 is 1.93 bits per heavy atom. The van der Waals surface area contributed by atoms with Crippen molar-refractivity contribution < 1.29 is 39.1 Å². The first-order chi connectivity index (χ1) is 6.20. The predicted octanol–water partition coefficient (Wildman–Crippen LogP) is -1.37. The Morgan fingerprint density at radius 1 is 1.29 bits per heavy atom. The van der Waals surface area contributed by atoms with E-state index in [0.717, 1.165) is 0 Å². The molecule has 0 aliphatic rings. The Kier molecular flexibility index (Phi) is 3.78. The second-order valence-electron chi connectivity index (χ2n) is 2.53. The van der Waals surface area contributed by atoms with Gasteiger partial charge in [0, 0.05) is 5.39 Å². The van der Waals surface area contributed by atoms with Crippen LogP contribution < -0.4 is 40.3 Å². The first kappa shape index (κ1) is 11.8. The zero-order chi connectivity index (χ0) is 9.42. The summed E-state index contributed by atoms with van der Waals surface area (Å²) in [4.78, 5) is 11.0. The van der Waals surface area contributed by atoms with Crippen molar-refractivity contribution in [3.8, 4) is 5.75 Å². The minimum Gasteiger partial charge on any atom is -0.871 e. The van der Waals surface area contributed by atoms with E-state index in [4.69, 9.17) is 4.42 Å². The van der Waals surface area contributed by atoms with Gasteiger partial charge in [-0.25, -0.2) is 4.79 Å². The molecule has 1 aromatic heterocycles. The summed E-state index contributed by atoms with van der Waals surface area (Å²) in [5.74, 6) is -0.327. The van der Waals surface area contributed by atoms with Gasteiger partial charge in [-0.2, -0.15) is 0 Å². The van der Waals surface area contributed by atoms with Crippen molar-refractivity contribution in [3.05, 3.63) is 39.2 Å². The number of hydrogen-bond donors (Lipinski definition) is 0. The molecule has 0 N–H and O–H groups in total. The maximum Gasteiger partial charge on any atom is 1.00 e. The number of rotatable bonds is 0. The molecule has 14 heavy (non-hydrogen) atoms. The fourth-order valence-corrected chi connectivity index (χ4v) is 1.39. The second-order valence-corrected chi connectivity index (χ2v) is 3.32. The van der Waals surface area contributed by atoms with Crippen LogP contribution in [0.1, 0.15) is 0 Å². The molecule has 66 valence electrons. The number of fused-ring (bicyclic) bond motifs is 1. The monoisotopic (exact) mass is 262 g/mol. The van der Waals surface area contributed by atoms with E-state index in [0.29, 0.717) is 11.0 Å². The van der Waals surface area contributed by atoms with Crippen LogP contribution in [0.25, 0.3) is 11.0 Å². The Morgan fingerprint density at radius 3 is 2.64 bits per heavy atom. The van der Waals surface area contributed by atoms with Crippen LogP contribution in [0.4, 0.5) is 0 Å². The summed E-state index contributed by atoms with van der Waals surface area (Å²) in [6.45, 7) is 0.